The van der Waals surface area contributed by atoms with Crippen LogP contribution in [0, 0.1) is 17.8 Å². The summed E-state index contributed by atoms with van der Waals surface area (Å²) < 4.78 is 5.81. The van der Waals surface area contributed by atoms with Gasteiger partial charge < -0.3 is 4.74 Å². The van der Waals surface area contributed by atoms with Gasteiger partial charge >= 0.3 is 0 Å². The van der Waals surface area contributed by atoms with E-state index in [1.165, 1.54) is 6.42 Å². The van der Waals surface area contributed by atoms with Gasteiger partial charge in [-0.15, -0.1) is 0 Å². The lowest BCUT2D eigenvalue weighted by Gasteiger charge is -2.32. The van der Waals surface area contributed by atoms with Crippen LogP contribution in [0.25, 0.3) is 0 Å². The molecule has 1 saturated carbocycles. The molecule has 0 aromatic rings. The number of carbonyl (C=O) groups excluding carboxylic acids is 1. The van der Waals surface area contributed by atoms with E-state index in [1.807, 2.05) is 0 Å². The molecule has 0 unspecified atom stereocenters. The first-order valence-corrected chi connectivity index (χ1v) is 5.44. The van der Waals surface area contributed by atoms with Crippen LogP contribution in [0.5, 0.6) is 0 Å². The summed E-state index contributed by atoms with van der Waals surface area (Å²) in [4.78, 5) is 11.7. The average Bonchev–Trinajstić information content (AvgIpc) is 2.58. The van der Waals surface area contributed by atoms with Gasteiger partial charge in [0.1, 0.15) is 5.78 Å². The second kappa shape index (κ2) is 2.57. The second-order valence-corrected chi connectivity index (χ2v) is 4.95. The number of ether oxygens (including phenoxy) is 1. The monoisotopic (exact) mass is 180 g/mol. The highest BCUT2D eigenvalue weighted by Crippen LogP contribution is 2.48. The zero-order valence-corrected chi connectivity index (χ0v) is 8.03. The topological polar surface area (TPSA) is 26.3 Å². The van der Waals surface area contributed by atoms with E-state index >= 15 is 0 Å². The van der Waals surface area contributed by atoms with Crippen LogP contribution in [0.1, 0.15) is 32.6 Å². The van der Waals surface area contributed by atoms with Crippen molar-refractivity contribution in [3.8, 4) is 0 Å². The van der Waals surface area contributed by atoms with Crippen LogP contribution in [0.4, 0.5) is 0 Å². The van der Waals surface area contributed by atoms with E-state index in [0.717, 1.165) is 19.3 Å². The lowest BCUT2D eigenvalue weighted by Crippen LogP contribution is -2.36. The van der Waals surface area contributed by atoms with Gasteiger partial charge in [0, 0.05) is 12.3 Å². The van der Waals surface area contributed by atoms with Crippen molar-refractivity contribution < 1.29 is 9.53 Å². The Morgan fingerprint density at radius 1 is 1.38 bits per heavy atom. The fraction of sp³-hybridized carbons (Fsp3) is 0.909. The van der Waals surface area contributed by atoms with Crippen LogP contribution < -0.4 is 0 Å². The van der Waals surface area contributed by atoms with Crippen molar-refractivity contribution in [2.45, 2.75) is 44.8 Å². The van der Waals surface area contributed by atoms with Crippen LogP contribution in [-0.2, 0) is 9.53 Å². The third kappa shape index (κ3) is 1.01. The molecule has 1 aliphatic carbocycles. The molecule has 0 spiro atoms. The molecule has 0 amide bonds. The molecule has 2 heteroatoms. The molecule has 2 nitrogen and oxygen atoms in total. The van der Waals surface area contributed by atoms with E-state index in [-0.39, 0.29) is 5.92 Å². The summed E-state index contributed by atoms with van der Waals surface area (Å²) in [7, 11) is 0. The van der Waals surface area contributed by atoms with Gasteiger partial charge in [-0.2, -0.15) is 0 Å². The molecular formula is C11H16O2. The van der Waals surface area contributed by atoms with E-state index < -0.39 is 0 Å². The Morgan fingerprint density at radius 2 is 2.23 bits per heavy atom. The van der Waals surface area contributed by atoms with Crippen molar-refractivity contribution in [2.24, 2.45) is 17.8 Å². The zero-order valence-electron chi connectivity index (χ0n) is 8.03. The maximum Gasteiger partial charge on any atom is 0.139 e. The van der Waals surface area contributed by atoms with Gasteiger partial charge in [0.25, 0.3) is 0 Å². The SMILES string of the molecule is C[C@@H]1CC(=O)[C@@H]2[C@H]1C[C@H]1CC[C@@H]2O1. The molecule has 0 aromatic carbocycles. The number of rotatable bonds is 0. The fourth-order valence-electron chi connectivity index (χ4n) is 3.53. The van der Waals surface area contributed by atoms with Crippen LogP contribution in [0.3, 0.4) is 0 Å². The molecule has 72 valence electrons. The Morgan fingerprint density at radius 3 is 3.08 bits per heavy atom. The van der Waals surface area contributed by atoms with Gasteiger partial charge in [-0.3, -0.25) is 4.79 Å². The molecule has 2 bridgehead atoms. The Kier molecular flexibility index (Phi) is 1.58. The largest absolute Gasteiger partial charge is 0.374 e. The van der Waals surface area contributed by atoms with Gasteiger partial charge in [-0.05, 0) is 31.1 Å². The summed E-state index contributed by atoms with van der Waals surface area (Å²) in [6, 6.07) is 0. The molecule has 2 heterocycles. The van der Waals surface area contributed by atoms with Gasteiger partial charge in [0.05, 0.1) is 12.2 Å². The number of fused-ring (bicyclic) bond motifs is 4. The minimum absolute atomic E-state index is 0.272. The lowest BCUT2D eigenvalue weighted by molar-refractivity contribution is -0.130. The third-order valence-electron chi connectivity index (χ3n) is 4.16. The van der Waals surface area contributed by atoms with E-state index in [1.54, 1.807) is 0 Å². The van der Waals surface area contributed by atoms with Gasteiger partial charge in [-0.1, -0.05) is 6.92 Å². The quantitative estimate of drug-likeness (QED) is 0.568. The highest BCUT2D eigenvalue weighted by atomic mass is 16.5. The molecule has 3 rings (SSSR count). The maximum absolute atomic E-state index is 11.7. The second-order valence-electron chi connectivity index (χ2n) is 4.95. The number of carbonyl (C=O) groups is 1. The van der Waals surface area contributed by atoms with Crippen molar-refractivity contribution in [3.63, 3.8) is 0 Å². The molecule has 2 aliphatic heterocycles. The summed E-state index contributed by atoms with van der Waals surface area (Å²) in [5, 5.41) is 0. The van der Waals surface area contributed by atoms with Crippen LogP contribution in [0.15, 0.2) is 0 Å². The molecule has 0 radical (unpaired) electrons. The zero-order chi connectivity index (χ0) is 9.00. The summed E-state index contributed by atoms with van der Waals surface area (Å²) in [6.07, 6.45) is 5.05. The first kappa shape index (κ1) is 7.98. The molecule has 0 aromatic heterocycles. The highest BCUT2D eigenvalue weighted by molar-refractivity contribution is 5.84. The van der Waals surface area contributed by atoms with Gasteiger partial charge in [-0.25, -0.2) is 0 Å². The van der Waals surface area contributed by atoms with E-state index in [4.69, 9.17) is 4.74 Å². The van der Waals surface area contributed by atoms with E-state index in [2.05, 4.69) is 6.92 Å². The van der Waals surface area contributed by atoms with Crippen molar-refractivity contribution in [2.75, 3.05) is 0 Å². The predicted molar refractivity (Wildman–Crippen MR) is 48.3 cm³/mol. The molecule has 0 N–H and O–H groups in total. The number of ketones is 1. The molecule has 2 saturated heterocycles. The molecule has 3 fully saturated rings. The Labute approximate surface area is 78.6 Å². The van der Waals surface area contributed by atoms with Gasteiger partial charge in [0.2, 0.25) is 0 Å². The summed E-state index contributed by atoms with van der Waals surface area (Å²) in [5.41, 5.74) is 0. The minimum Gasteiger partial charge on any atom is -0.374 e. The standard InChI is InChI=1S/C11H16O2/c1-6-4-9(12)11-8(6)5-7-2-3-10(11)13-7/h6-8,10-11H,2-5H2,1H3/t6-,7-,8+,10+,11+/m1/s1. The predicted octanol–water partition coefficient (Wildman–Crippen LogP) is 1.78. The molecule has 13 heavy (non-hydrogen) atoms. The van der Waals surface area contributed by atoms with Crippen LogP contribution in [0.2, 0.25) is 0 Å². The lowest BCUT2D eigenvalue weighted by atomic mass is 9.83. The van der Waals surface area contributed by atoms with Crippen LogP contribution in [-0.4, -0.2) is 18.0 Å². The Hall–Kier alpha value is -0.370. The van der Waals surface area contributed by atoms with Gasteiger partial charge in [0.15, 0.2) is 0 Å². The maximum atomic E-state index is 11.7. The van der Waals surface area contributed by atoms with Crippen molar-refractivity contribution in [3.05, 3.63) is 0 Å². The van der Waals surface area contributed by atoms with E-state index in [0.29, 0.717) is 29.8 Å². The highest BCUT2D eigenvalue weighted by Gasteiger charge is 2.51. The normalized spacial score (nSPS) is 53.9. The minimum atomic E-state index is 0.272. The Bertz CT molecular complexity index is 248. The molecular weight excluding hydrogens is 164 g/mol. The van der Waals surface area contributed by atoms with Crippen molar-refractivity contribution >= 4 is 5.78 Å². The van der Waals surface area contributed by atoms with E-state index in [9.17, 15) is 4.79 Å². The van der Waals surface area contributed by atoms with Crippen molar-refractivity contribution in [1.82, 2.24) is 0 Å². The summed E-state index contributed by atoms with van der Waals surface area (Å²) in [5.74, 6) is 2.01. The summed E-state index contributed by atoms with van der Waals surface area (Å²) >= 11 is 0. The third-order valence-corrected chi connectivity index (χ3v) is 4.16. The number of Topliss-reactive ketones (excluding diaryl/α,β-unsaturated/α-hetero) is 1. The average molecular weight is 180 g/mol. The first-order chi connectivity index (χ1) is 6.25. The van der Waals surface area contributed by atoms with Crippen LogP contribution >= 0.6 is 0 Å². The fourth-order valence-corrected chi connectivity index (χ4v) is 3.53. The number of hydrogen-bond donors (Lipinski definition) is 0. The smallest absolute Gasteiger partial charge is 0.139 e. The molecule has 3 aliphatic rings. The molecule has 5 atom stereocenters. The first-order valence-electron chi connectivity index (χ1n) is 5.44. The Balaban J connectivity index is 1.92. The van der Waals surface area contributed by atoms with Crippen molar-refractivity contribution in [1.29, 1.82) is 0 Å². The summed E-state index contributed by atoms with van der Waals surface area (Å²) in [6.45, 7) is 2.23. The number of hydrogen-bond acceptors (Lipinski definition) is 2.